The summed E-state index contributed by atoms with van der Waals surface area (Å²) in [5.41, 5.74) is 2.60. The fraction of sp³-hybridized carbons (Fsp3) is 0.0667. The van der Waals surface area contributed by atoms with E-state index in [2.05, 4.69) is 69.9 Å². The first-order chi connectivity index (χ1) is 7.84. The Kier molecular flexibility index (Phi) is 3.91. The Morgan fingerprint density at radius 3 is 2.50 bits per heavy atom. The smallest absolute Gasteiger partial charge is 0.00939 e. The molecule has 0 saturated heterocycles. The zero-order valence-electron chi connectivity index (χ0n) is 9.14. The van der Waals surface area contributed by atoms with E-state index in [4.69, 9.17) is 0 Å². The molecular weight excluding hydrogens is 211 g/mol. The fourth-order valence-electron chi connectivity index (χ4n) is 1.62. The molecular formula is C15H15P. The maximum absolute atomic E-state index is 2.73. The molecule has 0 N–H and O–H groups in total. The lowest BCUT2D eigenvalue weighted by Crippen LogP contribution is -1.91. The van der Waals surface area contributed by atoms with Crippen LogP contribution in [0.1, 0.15) is 11.1 Å². The van der Waals surface area contributed by atoms with Crippen molar-refractivity contribution in [3.05, 3.63) is 71.8 Å². The zero-order chi connectivity index (χ0) is 11.2. The lowest BCUT2D eigenvalue weighted by molar-refractivity contribution is 1.29. The number of benzene rings is 2. The molecule has 0 nitrogen and oxygen atoms in total. The molecule has 0 saturated carbocycles. The van der Waals surface area contributed by atoms with Crippen molar-refractivity contribution in [1.82, 2.24) is 0 Å². The van der Waals surface area contributed by atoms with Crippen LogP contribution in [0.2, 0.25) is 0 Å². The van der Waals surface area contributed by atoms with Crippen LogP contribution in [0.3, 0.4) is 0 Å². The Labute approximate surface area is 99.2 Å². The number of allylic oxidation sites excluding steroid dienone is 1. The molecule has 1 atom stereocenters. The lowest BCUT2D eigenvalue weighted by atomic mass is 10.1. The molecule has 0 aromatic heterocycles. The van der Waals surface area contributed by atoms with Gasteiger partial charge in [-0.05, 0) is 22.9 Å². The van der Waals surface area contributed by atoms with E-state index in [9.17, 15) is 0 Å². The summed E-state index contributed by atoms with van der Waals surface area (Å²) in [6.07, 6.45) is 5.35. The highest BCUT2D eigenvalue weighted by molar-refractivity contribution is 7.27. The van der Waals surface area contributed by atoms with Gasteiger partial charge in [0, 0.05) is 0 Å². The van der Waals surface area contributed by atoms with Crippen LogP contribution in [0.5, 0.6) is 0 Å². The molecule has 0 aliphatic rings. The largest absolute Gasteiger partial charge is 0.106 e. The summed E-state index contributed by atoms with van der Waals surface area (Å²) in [4.78, 5) is 0. The van der Waals surface area contributed by atoms with Crippen molar-refractivity contribution in [2.24, 2.45) is 0 Å². The summed E-state index contributed by atoms with van der Waals surface area (Å²) in [7, 11) is 2.73. The SMILES string of the molecule is Pc1cccc(CC=Cc2ccccc2)c1. The van der Waals surface area contributed by atoms with Crippen LogP contribution in [-0.4, -0.2) is 0 Å². The third kappa shape index (κ3) is 3.32. The van der Waals surface area contributed by atoms with Crippen LogP contribution in [0.4, 0.5) is 0 Å². The van der Waals surface area contributed by atoms with Gasteiger partial charge >= 0.3 is 0 Å². The van der Waals surface area contributed by atoms with Crippen molar-refractivity contribution >= 4 is 20.6 Å². The molecule has 2 aromatic carbocycles. The first-order valence-corrected chi connectivity index (χ1v) is 5.98. The van der Waals surface area contributed by atoms with E-state index in [-0.39, 0.29) is 0 Å². The first-order valence-electron chi connectivity index (χ1n) is 5.40. The topological polar surface area (TPSA) is 0 Å². The molecule has 16 heavy (non-hydrogen) atoms. The lowest BCUT2D eigenvalue weighted by Gasteiger charge is -1.97. The summed E-state index contributed by atoms with van der Waals surface area (Å²) in [5.74, 6) is 0. The van der Waals surface area contributed by atoms with Gasteiger partial charge in [-0.1, -0.05) is 66.7 Å². The highest BCUT2D eigenvalue weighted by Gasteiger charge is 1.89. The van der Waals surface area contributed by atoms with Crippen LogP contribution >= 0.6 is 9.24 Å². The zero-order valence-corrected chi connectivity index (χ0v) is 10.3. The molecule has 2 rings (SSSR count). The molecule has 80 valence electrons. The molecule has 0 radical (unpaired) electrons. The molecule has 0 aliphatic heterocycles. The van der Waals surface area contributed by atoms with Crippen molar-refractivity contribution < 1.29 is 0 Å². The second kappa shape index (κ2) is 5.63. The molecule has 1 unspecified atom stereocenters. The van der Waals surface area contributed by atoms with Crippen molar-refractivity contribution in [3.8, 4) is 0 Å². The minimum Gasteiger partial charge on any atom is -0.106 e. The first kappa shape index (κ1) is 11.1. The third-order valence-corrected chi connectivity index (χ3v) is 2.77. The minimum absolute atomic E-state index is 0.983. The fourth-order valence-corrected chi connectivity index (χ4v) is 1.94. The van der Waals surface area contributed by atoms with Gasteiger partial charge < -0.3 is 0 Å². The molecule has 0 bridgehead atoms. The summed E-state index contributed by atoms with van der Waals surface area (Å²) in [6, 6.07) is 18.9. The normalized spacial score (nSPS) is 10.8. The van der Waals surface area contributed by atoms with Crippen molar-refractivity contribution in [3.63, 3.8) is 0 Å². The summed E-state index contributed by atoms with van der Waals surface area (Å²) in [6.45, 7) is 0. The van der Waals surface area contributed by atoms with Gasteiger partial charge in [0.1, 0.15) is 0 Å². The Balaban J connectivity index is 2.00. The Hall–Kier alpha value is -1.39. The van der Waals surface area contributed by atoms with E-state index in [0.717, 1.165) is 6.42 Å². The highest BCUT2D eigenvalue weighted by atomic mass is 31.0. The summed E-state index contributed by atoms with van der Waals surface area (Å²) >= 11 is 0. The standard InChI is InChI=1S/C15H15P/c16-15-11-5-10-14(12-15)9-4-8-13-6-2-1-3-7-13/h1-8,10-12H,9,16H2. The Morgan fingerprint density at radius 2 is 1.75 bits per heavy atom. The quantitative estimate of drug-likeness (QED) is 0.703. The molecule has 0 spiro atoms. The summed E-state index contributed by atoms with van der Waals surface area (Å²) in [5, 5.41) is 1.24. The predicted molar refractivity (Wildman–Crippen MR) is 75.0 cm³/mol. The minimum atomic E-state index is 0.983. The highest BCUT2D eigenvalue weighted by Crippen LogP contribution is 2.05. The molecule has 0 amide bonds. The van der Waals surface area contributed by atoms with E-state index in [0.29, 0.717) is 0 Å². The van der Waals surface area contributed by atoms with Crippen LogP contribution < -0.4 is 5.30 Å². The Morgan fingerprint density at radius 1 is 0.938 bits per heavy atom. The maximum atomic E-state index is 2.73. The van der Waals surface area contributed by atoms with Crippen molar-refractivity contribution in [2.75, 3.05) is 0 Å². The predicted octanol–water partition coefficient (Wildman–Crippen LogP) is 3.44. The van der Waals surface area contributed by atoms with Crippen LogP contribution in [0.25, 0.3) is 6.08 Å². The Bertz CT molecular complexity index is 472. The van der Waals surface area contributed by atoms with E-state index in [1.54, 1.807) is 0 Å². The van der Waals surface area contributed by atoms with Gasteiger partial charge in [0.25, 0.3) is 0 Å². The molecule has 2 aromatic rings. The molecule has 1 heteroatoms. The van der Waals surface area contributed by atoms with Crippen LogP contribution in [0, 0.1) is 0 Å². The second-order valence-electron chi connectivity index (χ2n) is 3.76. The molecule has 0 aliphatic carbocycles. The van der Waals surface area contributed by atoms with Crippen molar-refractivity contribution in [2.45, 2.75) is 6.42 Å². The van der Waals surface area contributed by atoms with E-state index >= 15 is 0 Å². The average molecular weight is 226 g/mol. The van der Waals surface area contributed by atoms with Crippen molar-refractivity contribution in [1.29, 1.82) is 0 Å². The number of hydrogen-bond acceptors (Lipinski definition) is 0. The van der Waals surface area contributed by atoms with Gasteiger partial charge in [0.2, 0.25) is 0 Å². The summed E-state index contributed by atoms with van der Waals surface area (Å²) < 4.78 is 0. The van der Waals surface area contributed by atoms with Gasteiger partial charge in [-0.2, -0.15) is 0 Å². The van der Waals surface area contributed by atoms with Gasteiger partial charge in [0.15, 0.2) is 0 Å². The van der Waals surface area contributed by atoms with Gasteiger partial charge in [-0.25, -0.2) is 0 Å². The van der Waals surface area contributed by atoms with Crippen LogP contribution in [0.15, 0.2) is 60.7 Å². The van der Waals surface area contributed by atoms with Gasteiger partial charge in [-0.3, -0.25) is 0 Å². The van der Waals surface area contributed by atoms with Gasteiger partial charge in [0.05, 0.1) is 0 Å². The van der Waals surface area contributed by atoms with E-state index in [1.807, 2.05) is 6.07 Å². The number of hydrogen-bond donors (Lipinski definition) is 0. The third-order valence-electron chi connectivity index (χ3n) is 2.41. The van der Waals surface area contributed by atoms with Crippen LogP contribution in [-0.2, 0) is 6.42 Å². The molecule has 0 heterocycles. The average Bonchev–Trinajstić information content (AvgIpc) is 2.30. The van der Waals surface area contributed by atoms with Gasteiger partial charge in [-0.15, -0.1) is 9.24 Å². The van der Waals surface area contributed by atoms with E-state index in [1.165, 1.54) is 16.4 Å². The maximum Gasteiger partial charge on any atom is -0.00939 e. The second-order valence-corrected chi connectivity index (χ2v) is 4.43. The molecule has 0 fully saturated rings. The monoisotopic (exact) mass is 226 g/mol. The number of rotatable bonds is 3. The van der Waals surface area contributed by atoms with E-state index < -0.39 is 0 Å².